The molecule has 1 atom stereocenters. The molecule has 0 spiro atoms. The molecule has 9 heteroatoms. The first-order valence-corrected chi connectivity index (χ1v) is 15.1. The summed E-state index contributed by atoms with van der Waals surface area (Å²) in [5.41, 5.74) is 4.05. The molecule has 0 aromatic heterocycles. The number of likely N-dealkylation sites (N-methyl/N-ethyl adjacent to an activating group) is 1. The molecule has 7 nitrogen and oxygen atoms in total. The highest BCUT2D eigenvalue weighted by Crippen LogP contribution is 2.28. The Hall–Kier alpha value is -3.36. The third kappa shape index (κ3) is 8.31. The second-order valence-electron chi connectivity index (χ2n) is 9.65. The van der Waals surface area contributed by atoms with Gasteiger partial charge in [0.15, 0.2) is 0 Å². The first-order chi connectivity index (χ1) is 18.5. The molecule has 0 saturated carbocycles. The number of amides is 2. The van der Waals surface area contributed by atoms with Crippen LogP contribution in [0.5, 0.6) is 0 Å². The van der Waals surface area contributed by atoms with E-state index in [1.807, 2.05) is 61.5 Å². The molecule has 0 heterocycles. The molecular formula is C30H36ClN3O4S. The second-order valence-corrected chi connectivity index (χ2v) is 12.0. The minimum Gasteiger partial charge on any atom is -0.357 e. The fourth-order valence-corrected chi connectivity index (χ4v) is 5.76. The Morgan fingerprint density at radius 3 is 2.26 bits per heavy atom. The fraction of sp³-hybridized carbons (Fsp3) is 0.333. The van der Waals surface area contributed by atoms with Crippen LogP contribution in [0.25, 0.3) is 0 Å². The number of rotatable bonds is 12. The van der Waals surface area contributed by atoms with Crippen LogP contribution in [0, 0.1) is 13.8 Å². The summed E-state index contributed by atoms with van der Waals surface area (Å²) in [6.45, 7) is 4.11. The maximum Gasteiger partial charge on any atom is 0.242 e. The maximum absolute atomic E-state index is 13.7. The van der Waals surface area contributed by atoms with Gasteiger partial charge in [-0.05, 0) is 49.1 Å². The molecule has 0 aliphatic heterocycles. The Morgan fingerprint density at radius 2 is 1.62 bits per heavy atom. The third-order valence-electron chi connectivity index (χ3n) is 6.61. The number of carbonyl (C=O) groups is 2. The molecule has 208 valence electrons. The van der Waals surface area contributed by atoms with Gasteiger partial charge in [-0.3, -0.25) is 13.9 Å². The van der Waals surface area contributed by atoms with Crippen molar-refractivity contribution < 1.29 is 18.0 Å². The van der Waals surface area contributed by atoms with Crippen LogP contribution in [0.15, 0.2) is 72.8 Å². The van der Waals surface area contributed by atoms with Crippen LogP contribution in [-0.2, 0) is 32.6 Å². The molecule has 3 aromatic carbocycles. The van der Waals surface area contributed by atoms with E-state index in [0.717, 1.165) is 22.9 Å². The first kappa shape index (κ1) is 30.2. The van der Waals surface area contributed by atoms with Gasteiger partial charge in [0.1, 0.15) is 6.04 Å². The van der Waals surface area contributed by atoms with Gasteiger partial charge >= 0.3 is 0 Å². The molecule has 0 radical (unpaired) electrons. The van der Waals surface area contributed by atoms with Crippen LogP contribution in [-0.4, -0.2) is 51.0 Å². The van der Waals surface area contributed by atoms with Crippen molar-refractivity contribution in [3.05, 3.63) is 100 Å². The monoisotopic (exact) mass is 569 g/mol. The van der Waals surface area contributed by atoms with E-state index in [1.165, 1.54) is 4.31 Å². The number of anilines is 1. The third-order valence-corrected chi connectivity index (χ3v) is 8.20. The van der Waals surface area contributed by atoms with E-state index in [0.29, 0.717) is 22.7 Å². The molecule has 3 rings (SSSR count). The number of hydrogen-bond acceptors (Lipinski definition) is 4. The highest BCUT2D eigenvalue weighted by molar-refractivity contribution is 7.92. The van der Waals surface area contributed by atoms with Gasteiger partial charge in [0.2, 0.25) is 21.8 Å². The fourth-order valence-electron chi connectivity index (χ4n) is 4.58. The Labute approximate surface area is 236 Å². The number of sulfonamides is 1. The van der Waals surface area contributed by atoms with Crippen molar-refractivity contribution in [1.82, 2.24) is 10.2 Å². The molecule has 3 aromatic rings. The topological polar surface area (TPSA) is 86.8 Å². The van der Waals surface area contributed by atoms with Gasteiger partial charge in [-0.1, -0.05) is 77.8 Å². The summed E-state index contributed by atoms with van der Waals surface area (Å²) in [7, 11) is -2.06. The Balaban J connectivity index is 1.86. The predicted molar refractivity (Wildman–Crippen MR) is 157 cm³/mol. The van der Waals surface area contributed by atoms with Crippen LogP contribution < -0.4 is 9.62 Å². The number of halogens is 1. The summed E-state index contributed by atoms with van der Waals surface area (Å²) in [6, 6.07) is 21.8. The zero-order valence-corrected chi connectivity index (χ0v) is 24.4. The van der Waals surface area contributed by atoms with Crippen molar-refractivity contribution in [1.29, 1.82) is 0 Å². The summed E-state index contributed by atoms with van der Waals surface area (Å²) >= 11 is 6.25. The lowest BCUT2D eigenvalue weighted by atomic mass is 10.0. The van der Waals surface area contributed by atoms with Crippen molar-refractivity contribution in [3.8, 4) is 0 Å². The smallest absolute Gasteiger partial charge is 0.242 e. The van der Waals surface area contributed by atoms with Crippen molar-refractivity contribution in [2.75, 3.05) is 24.2 Å². The van der Waals surface area contributed by atoms with Gasteiger partial charge in [0.05, 0.1) is 11.9 Å². The van der Waals surface area contributed by atoms with Gasteiger partial charge in [-0.25, -0.2) is 8.42 Å². The Bertz CT molecular complexity index is 1400. The van der Waals surface area contributed by atoms with E-state index in [-0.39, 0.29) is 37.7 Å². The zero-order valence-electron chi connectivity index (χ0n) is 22.9. The second kappa shape index (κ2) is 13.6. The van der Waals surface area contributed by atoms with Crippen molar-refractivity contribution in [2.24, 2.45) is 0 Å². The summed E-state index contributed by atoms with van der Waals surface area (Å²) in [4.78, 5) is 28.4. The SMILES string of the molecule is CNC(=O)[C@@H](Cc1ccccc1)N(Cc1cccc(C)c1)C(=O)CCCN(c1cccc(Cl)c1C)S(C)(=O)=O. The van der Waals surface area contributed by atoms with E-state index >= 15 is 0 Å². The molecule has 39 heavy (non-hydrogen) atoms. The van der Waals surface area contributed by atoms with E-state index in [4.69, 9.17) is 11.6 Å². The summed E-state index contributed by atoms with van der Waals surface area (Å²) < 4.78 is 26.6. The average molecular weight is 570 g/mol. The summed E-state index contributed by atoms with van der Waals surface area (Å²) in [5.74, 6) is -0.482. The van der Waals surface area contributed by atoms with Gasteiger partial charge in [-0.15, -0.1) is 0 Å². The van der Waals surface area contributed by atoms with Gasteiger partial charge in [-0.2, -0.15) is 0 Å². The standard InChI is InChI=1S/C30H36ClN3O4S/c1-22-11-8-14-25(19-22)21-33(28(30(36)32-3)20-24-12-6-5-7-13-24)29(35)17-10-18-34(39(4,37)38)27-16-9-15-26(31)23(27)2/h5-9,11-16,19,28H,10,17-18,20-21H2,1-4H3,(H,32,36)/t28-/m1/s1. The Morgan fingerprint density at radius 1 is 0.949 bits per heavy atom. The molecule has 0 saturated heterocycles. The molecule has 1 N–H and O–H groups in total. The summed E-state index contributed by atoms with van der Waals surface area (Å²) in [6.07, 6.45) is 1.84. The lowest BCUT2D eigenvalue weighted by Crippen LogP contribution is -2.49. The number of carbonyl (C=O) groups excluding carboxylic acids is 2. The normalized spacial score (nSPS) is 12.0. The van der Waals surface area contributed by atoms with Crippen molar-refractivity contribution in [2.45, 2.75) is 45.7 Å². The minimum absolute atomic E-state index is 0.0692. The summed E-state index contributed by atoms with van der Waals surface area (Å²) in [5, 5.41) is 3.18. The average Bonchev–Trinajstić information content (AvgIpc) is 2.90. The van der Waals surface area contributed by atoms with E-state index in [9.17, 15) is 18.0 Å². The molecule has 0 aliphatic rings. The largest absolute Gasteiger partial charge is 0.357 e. The molecular weight excluding hydrogens is 534 g/mol. The number of hydrogen-bond donors (Lipinski definition) is 1. The molecule has 0 fully saturated rings. The van der Waals surface area contributed by atoms with Crippen LogP contribution >= 0.6 is 11.6 Å². The van der Waals surface area contributed by atoms with E-state index in [2.05, 4.69) is 5.32 Å². The number of benzene rings is 3. The molecule has 2 amide bonds. The predicted octanol–water partition coefficient (Wildman–Crippen LogP) is 4.89. The minimum atomic E-state index is -3.62. The van der Waals surface area contributed by atoms with Crippen molar-refractivity contribution >= 4 is 39.1 Å². The van der Waals surface area contributed by atoms with Crippen LogP contribution in [0.2, 0.25) is 5.02 Å². The zero-order chi connectivity index (χ0) is 28.6. The highest BCUT2D eigenvalue weighted by Gasteiger charge is 2.30. The van der Waals surface area contributed by atoms with Crippen LogP contribution in [0.4, 0.5) is 5.69 Å². The molecule has 0 aliphatic carbocycles. The van der Waals surface area contributed by atoms with Crippen LogP contribution in [0.1, 0.15) is 35.1 Å². The number of nitrogens with one attached hydrogen (secondary N) is 1. The lowest BCUT2D eigenvalue weighted by molar-refractivity contribution is -0.141. The van der Waals surface area contributed by atoms with E-state index < -0.39 is 16.1 Å². The Kier molecular flexibility index (Phi) is 10.5. The van der Waals surface area contributed by atoms with Gasteiger partial charge in [0, 0.05) is 38.0 Å². The van der Waals surface area contributed by atoms with Gasteiger partial charge in [0.25, 0.3) is 0 Å². The maximum atomic E-state index is 13.7. The van der Waals surface area contributed by atoms with Gasteiger partial charge < -0.3 is 10.2 Å². The molecule has 0 unspecified atom stereocenters. The quantitative estimate of drug-likeness (QED) is 0.336. The van der Waals surface area contributed by atoms with Crippen LogP contribution in [0.3, 0.4) is 0 Å². The van der Waals surface area contributed by atoms with Crippen molar-refractivity contribution in [3.63, 3.8) is 0 Å². The molecule has 0 bridgehead atoms. The lowest BCUT2D eigenvalue weighted by Gasteiger charge is -2.32. The highest BCUT2D eigenvalue weighted by atomic mass is 35.5. The van der Waals surface area contributed by atoms with E-state index in [1.54, 1.807) is 37.1 Å². The first-order valence-electron chi connectivity index (χ1n) is 12.8. The number of aryl methyl sites for hydroxylation is 1. The number of nitrogens with zero attached hydrogens (tertiary/aromatic N) is 2.